The van der Waals surface area contributed by atoms with Crippen LogP contribution in [0.4, 0.5) is 9.18 Å². The van der Waals surface area contributed by atoms with Crippen molar-refractivity contribution in [1.29, 1.82) is 0 Å². The van der Waals surface area contributed by atoms with Crippen LogP contribution >= 0.6 is 0 Å². The molecule has 1 N–H and O–H groups in total. The number of carbonyl (C=O) groups is 3. The number of amides is 4. The number of halogens is 1. The third kappa shape index (κ3) is 5.49. The molecule has 0 aliphatic carbocycles. The standard InChI is InChI=1S/C22H31FN4O3/c1-16(2)6-9-24-22(30)25-10-7-19(8-11-25)27-13-12-26(20(28)21(27)29)15-17-4-3-5-18(23)14-17/h3-5,14,16,19H,6-13,15H2,1-2H3,(H,24,30). The first-order valence-electron chi connectivity index (χ1n) is 10.7. The van der Waals surface area contributed by atoms with Crippen LogP contribution in [0.2, 0.25) is 0 Å². The molecule has 30 heavy (non-hydrogen) atoms. The van der Waals surface area contributed by atoms with E-state index < -0.39 is 11.8 Å². The zero-order chi connectivity index (χ0) is 21.7. The molecule has 8 heteroatoms. The second-order valence-corrected chi connectivity index (χ2v) is 8.49. The summed E-state index contributed by atoms with van der Waals surface area (Å²) < 4.78 is 13.4. The molecule has 1 aromatic rings. The van der Waals surface area contributed by atoms with Crippen molar-refractivity contribution in [3.8, 4) is 0 Å². The molecule has 0 radical (unpaired) electrons. The molecule has 7 nitrogen and oxygen atoms in total. The summed E-state index contributed by atoms with van der Waals surface area (Å²) in [6, 6.07) is 5.99. The first-order chi connectivity index (χ1) is 14.3. The van der Waals surface area contributed by atoms with Crippen LogP contribution in [0.25, 0.3) is 0 Å². The number of piperazine rings is 1. The molecule has 4 amide bonds. The van der Waals surface area contributed by atoms with E-state index in [0.717, 1.165) is 6.42 Å². The lowest BCUT2D eigenvalue weighted by Gasteiger charge is -2.42. The number of nitrogens with one attached hydrogen (secondary N) is 1. The summed E-state index contributed by atoms with van der Waals surface area (Å²) in [5.41, 5.74) is 0.668. The predicted molar refractivity (Wildman–Crippen MR) is 111 cm³/mol. The highest BCUT2D eigenvalue weighted by Gasteiger charge is 2.37. The molecule has 2 aliphatic heterocycles. The maximum atomic E-state index is 13.4. The van der Waals surface area contributed by atoms with Gasteiger partial charge in [0.1, 0.15) is 5.82 Å². The summed E-state index contributed by atoms with van der Waals surface area (Å²) in [6.07, 6.45) is 2.28. The number of carbonyl (C=O) groups excluding carboxylic acids is 3. The van der Waals surface area contributed by atoms with Gasteiger partial charge in [-0.25, -0.2) is 9.18 Å². The van der Waals surface area contributed by atoms with Crippen LogP contribution in [0.3, 0.4) is 0 Å². The highest BCUT2D eigenvalue weighted by molar-refractivity contribution is 6.35. The summed E-state index contributed by atoms with van der Waals surface area (Å²) >= 11 is 0. The fourth-order valence-corrected chi connectivity index (χ4v) is 4.00. The second kappa shape index (κ2) is 9.91. The van der Waals surface area contributed by atoms with Gasteiger partial charge in [-0.1, -0.05) is 26.0 Å². The molecular formula is C22H31FN4O3. The van der Waals surface area contributed by atoms with E-state index in [1.165, 1.54) is 17.0 Å². The molecule has 0 atom stereocenters. The predicted octanol–water partition coefficient (Wildman–Crippen LogP) is 2.22. The Kier molecular flexibility index (Phi) is 7.29. The Labute approximate surface area is 177 Å². The van der Waals surface area contributed by atoms with Gasteiger partial charge in [-0.05, 0) is 42.9 Å². The topological polar surface area (TPSA) is 73.0 Å². The molecule has 0 spiro atoms. The highest BCUT2D eigenvalue weighted by Crippen LogP contribution is 2.21. The van der Waals surface area contributed by atoms with Gasteiger partial charge in [0.15, 0.2) is 0 Å². The van der Waals surface area contributed by atoms with Crippen molar-refractivity contribution in [2.75, 3.05) is 32.7 Å². The molecule has 0 saturated carbocycles. The number of hydrogen-bond acceptors (Lipinski definition) is 3. The Hall–Kier alpha value is -2.64. The van der Waals surface area contributed by atoms with Crippen molar-refractivity contribution in [2.45, 2.75) is 45.7 Å². The van der Waals surface area contributed by atoms with Crippen molar-refractivity contribution < 1.29 is 18.8 Å². The SMILES string of the molecule is CC(C)CCNC(=O)N1CCC(N2CCN(Cc3cccc(F)c3)C(=O)C2=O)CC1. The third-order valence-electron chi connectivity index (χ3n) is 5.79. The van der Waals surface area contributed by atoms with Gasteiger partial charge in [0, 0.05) is 45.3 Å². The molecule has 0 unspecified atom stereocenters. The van der Waals surface area contributed by atoms with Gasteiger partial charge >= 0.3 is 17.8 Å². The average molecular weight is 419 g/mol. The number of likely N-dealkylation sites (tertiary alicyclic amines) is 1. The number of urea groups is 1. The van der Waals surface area contributed by atoms with E-state index in [1.54, 1.807) is 21.9 Å². The number of nitrogens with zero attached hydrogens (tertiary/aromatic N) is 3. The summed E-state index contributed by atoms with van der Waals surface area (Å²) in [6.45, 7) is 7.16. The second-order valence-electron chi connectivity index (χ2n) is 8.49. The highest BCUT2D eigenvalue weighted by atomic mass is 19.1. The molecule has 2 fully saturated rings. The fraction of sp³-hybridized carbons (Fsp3) is 0.591. The van der Waals surface area contributed by atoms with E-state index >= 15 is 0 Å². The maximum Gasteiger partial charge on any atom is 0.317 e. The number of piperidine rings is 1. The molecule has 2 saturated heterocycles. The van der Waals surface area contributed by atoms with Crippen molar-refractivity contribution in [1.82, 2.24) is 20.0 Å². The van der Waals surface area contributed by atoms with Crippen LogP contribution in [-0.2, 0) is 16.1 Å². The van der Waals surface area contributed by atoms with Gasteiger partial charge in [-0.2, -0.15) is 0 Å². The van der Waals surface area contributed by atoms with Crippen LogP contribution in [0.15, 0.2) is 24.3 Å². The minimum absolute atomic E-state index is 0.0301. The van der Waals surface area contributed by atoms with E-state index in [1.807, 2.05) is 0 Å². The average Bonchev–Trinajstić information content (AvgIpc) is 2.71. The summed E-state index contributed by atoms with van der Waals surface area (Å²) in [7, 11) is 0. The lowest BCUT2D eigenvalue weighted by atomic mass is 10.0. The number of rotatable bonds is 6. The fourth-order valence-electron chi connectivity index (χ4n) is 4.00. The van der Waals surface area contributed by atoms with Crippen LogP contribution in [-0.4, -0.2) is 71.3 Å². The van der Waals surface area contributed by atoms with E-state index in [9.17, 15) is 18.8 Å². The van der Waals surface area contributed by atoms with Gasteiger partial charge in [0.2, 0.25) is 0 Å². The Morgan fingerprint density at radius 2 is 1.87 bits per heavy atom. The van der Waals surface area contributed by atoms with Crippen LogP contribution < -0.4 is 5.32 Å². The molecule has 164 valence electrons. The lowest BCUT2D eigenvalue weighted by molar-refractivity contribution is -0.158. The first-order valence-corrected chi connectivity index (χ1v) is 10.7. The van der Waals surface area contributed by atoms with E-state index in [0.29, 0.717) is 57.0 Å². The number of benzene rings is 1. The summed E-state index contributed by atoms with van der Waals surface area (Å²) in [4.78, 5) is 42.4. The lowest BCUT2D eigenvalue weighted by Crippen LogP contribution is -2.59. The normalized spacial score (nSPS) is 18.3. The quantitative estimate of drug-likeness (QED) is 0.720. The summed E-state index contributed by atoms with van der Waals surface area (Å²) in [5.74, 6) is -0.860. The Morgan fingerprint density at radius 1 is 1.13 bits per heavy atom. The van der Waals surface area contributed by atoms with Gasteiger partial charge in [0.25, 0.3) is 0 Å². The van der Waals surface area contributed by atoms with Gasteiger partial charge < -0.3 is 20.0 Å². The minimum atomic E-state index is -0.542. The third-order valence-corrected chi connectivity index (χ3v) is 5.79. The molecular weight excluding hydrogens is 387 g/mol. The smallest absolute Gasteiger partial charge is 0.317 e. The Bertz CT molecular complexity index is 777. The zero-order valence-electron chi connectivity index (χ0n) is 17.8. The van der Waals surface area contributed by atoms with Gasteiger partial charge in [-0.3, -0.25) is 9.59 Å². The molecule has 0 aromatic heterocycles. The van der Waals surface area contributed by atoms with Crippen molar-refractivity contribution >= 4 is 17.8 Å². The maximum absolute atomic E-state index is 13.4. The van der Waals surface area contributed by atoms with Crippen LogP contribution in [0.1, 0.15) is 38.7 Å². The van der Waals surface area contributed by atoms with Crippen LogP contribution in [0, 0.1) is 11.7 Å². The summed E-state index contributed by atoms with van der Waals surface area (Å²) in [5, 5.41) is 2.95. The Morgan fingerprint density at radius 3 is 2.53 bits per heavy atom. The van der Waals surface area contributed by atoms with E-state index in [-0.39, 0.29) is 24.4 Å². The monoisotopic (exact) mass is 418 g/mol. The number of hydrogen-bond donors (Lipinski definition) is 1. The van der Waals surface area contributed by atoms with E-state index in [2.05, 4.69) is 19.2 Å². The zero-order valence-corrected chi connectivity index (χ0v) is 17.8. The van der Waals surface area contributed by atoms with E-state index in [4.69, 9.17) is 0 Å². The van der Waals surface area contributed by atoms with Crippen LogP contribution in [0.5, 0.6) is 0 Å². The van der Waals surface area contributed by atoms with Crippen molar-refractivity contribution in [2.24, 2.45) is 5.92 Å². The minimum Gasteiger partial charge on any atom is -0.338 e. The van der Waals surface area contributed by atoms with Gasteiger partial charge in [-0.15, -0.1) is 0 Å². The molecule has 0 bridgehead atoms. The first kappa shape index (κ1) is 22.1. The molecule has 3 rings (SSSR count). The van der Waals surface area contributed by atoms with Crippen molar-refractivity contribution in [3.05, 3.63) is 35.6 Å². The molecule has 2 aliphatic rings. The Balaban J connectivity index is 1.48. The molecule has 1 aromatic carbocycles. The molecule has 2 heterocycles. The largest absolute Gasteiger partial charge is 0.338 e. The van der Waals surface area contributed by atoms with Gasteiger partial charge in [0.05, 0.1) is 0 Å². The van der Waals surface area contributed by atoms with Crippen molar-refractivity contribution in [3.63, 3.8) is 0 Å².